The van der Waals surface area contributed by atoms with E-state index in [2.05, 4.69) is 5.32 Å². The van der Waals surface area contributed by atoms with Crippen LogP contribution in [-0.4, -0.2) is 25.0 Å². The molecule has 0 bridgehead atoms. The van der Waals surface area contributed by atoms with Crippen molar-refractivity contribution in [3.05, 3.63) is 16.0 Å². The van der Waals surface area contributed by atoms with Gasteiger partial charge in [-0.15, -0.1) is 11.3 Å². The molecule has 0 atom stereocenters. The lowest BCUT2D eigenvalue weighted by molar-refractivity contribution is -0.108. The molecule has 6 heteroatoms. The van der Waals surface area contributed by atoms with E-state index in [1.54, 1.807) is 7.05 Å². The summed E-state index contributed by atoms with van der Waals surface area (Å²) in [4.78, 5) is 33.2. The molecule has 0 radical (unpaired) electrons. The Balaban J connectivity index is 0.000000247. The van der Waals surface area contributed by atoms with Gasteiger partial charge in [-0.05, 0) is 31.2 Å². The molecule has 0 aliphatic heterocycles. The fourth-order valence-electron chi connectivity index (χ4n) is 2.14. The molecular formula is C14H18N2O3S. The van der Waals surface area contributed by atoms with Crippen LogP contribution in [0.15, 0.2) is 0 Å². The van der Waals surface area contributed by atoms with Gasteiger partial charge in [-0.2, -0.15) is 0 Å². The third-order valence-electron chi connectivity index (χ3n) is 3.38. The highest BCUT2D eigenvalue weighted by molar-refractivity contribution is 7.18. The number of nitrogens with one attached hydrogen (secondary N) is 1. The largest absolute Gasteiger partial charge is 0.379 e. The van der Waals surface area contributed by atoms with Gasteiger partial charge in [-0.1, -0.05) is 0 Å². The Bertz CT molecular complexity index is 547. The number of hydrogen-bond acceptors (Lipinski definition) is 5. The lowest BCUT2D eigenvalue weighted by Gasteiger charge is -2.10. The summed E-state index contributed by atoms with van der Waals surface area (Å²) < 4.78 is 0. The number of fused-ring (bicyclic) bond motifs is 1. The molecule has 1 aromatic rings. The van der Waals surface area contributed by atoms with Gasteiger partial charge in [0.05, 0.1) is 10.4 Å². The van der Waals surface area contributed by atoms with E-state index in [1.807, 2.05) is 0 Å². The molecule has 2 aliphatic carbocycles. The summed E-state index contributed by atoms with van der Waals surface area (Å²) in [6.45, 7) is 0. The van der Waals surface area contributed by atoms with E-state index in [0.717, 1.165) is 37.5 Å². The summed E-state index contributed by atoms with van der Waals surface area (Å²) in [6, 6.07) is 0. The van der Waals surface area contributed by atoms with Gasteiger partial charge in [-0.3, -0.25) is 9.59 Å². The predicted octanol–water partition coefficient (Wildman–Crippen LogP) is 2.00. The van der Waals surface area contributed by atoms with E-state index in [4.69, 9.17) is 5.73 Å². The molecule has 1 aromatic heterocycles. The second kappa shape index (κ2) is 6.17. The van der Waals surface area contributed by atoms with Gasteiger partial charge in [0, 0.05) is 19.4 Å². The predicted molar refractivity (Wildman–Crippen MR) is 78.4 cm³/mol. The van der Waals surface area contributed by atoms with Crippen LogP contribution < -0.4 is 11.1 Å². The Morgan fingerprint density at radius 1 is 1.40 bits per heavy atom. The first-order chi connectivity index (χ1) is 9.58. The molecule has 1 heterocycles. The molecule has 1 saturated carbocycles. The zero-order chi connectivity index (χ0) is 14.7. The fraction of sp³-hybridized carbons (Fsp3) is 0.500. The van der Waals surface area contributed by atoms with E-state index in [0.29, 0.717) is 27.8 Å². The van der Waals surface area contributed by atoms with Gasteiger partial charge in [0.15, 0.2) is 5.78 Å². The van der Waals surface area contributed by atoms with Crippen LogP contribution in [0, 0.1) is 5.92 Å². The smallest absolute Gasteiger partial charge is 0.251 e. The van der Waals surface area contributed by atoms with Gasteiger partial charge < -0.3 is 15.8 Å². The minimum atomic E-state index is -0.452. The molecule has 1 fully saturated rings. The molecule has 108 valence electrons. The molecule has 20 heavy (non-hydrogen) atoms. The molecule has 0 aromatic carbocycles. The highest BCUT2D eigenvalue weighted by Gasteiger charge is 2.27. The van der Waals surface area contributed by atoms with Crippen molar-refractivity contribution in [2.24, 2.45) is 11.7 Å². The van der Waals surface area contributed by atoms with Crippen molar-refractivity contribution in [1.82, 2.24) is 0 Å². The van der Waals surface area contributed by atoms with Gasteiger partial charge in [0.2, 0.25) is 0 Å². The second-order valence-corrected chi connectivity index (χ2v) is 6.00. The Morgan fingerprint density at radius 2 is 2.10 bits per heavy atom. The Labute approximate surface area is 121 Å². The van der Waals surface area contributed by atoms with E-state index in [-0.39, 0.29) is 5.78 Å². The van der Waals surface area contributed by atoms with Crippen molar-refractivity contribution in [3.63, 3.8) is 0 Å². The number of ketones is 1. The highest BCUT2D eigenvalue weighted by Crippen LogP contribution is 2.37. The summed E-state index contributed by atoms with van der Waals surface area (Å²) in [5.74, 6) is 0.131. The molecule has 3 rings (SSSR count). The van der Waals surface area contributed by atoms with Gasteiger partial charge in [0.25, 0.3) is 5.91 Å². The van der Waals surface area contributed by atoms with Crippen LogP contribution in [0.1, 0.15) is 51.3 Å². The number of rotatable bonds is 3. The van der Waals surface area contributed by atoms with Crippen molar-refractivity contribution < 1.29 is 14.4 Å². The summed E-state index contributed by atoms with van der Waals surface area (Å²) >= 11 is 1.34. The monoisotopic (exact) mass is 294 g/mol. The Morgan fingerprint density at radius 3 is 2.55 bits per heavy atom. The maximum absolute atomic E-state index is 11.6. The minimum absolute atomic E-state index is 0.130. The first-order valence-corrected chi connectivity index (χ1v) is 7.51. The summed E-state index contributed by atoms with van der Waals surface area (Å²) in [5, 5.41) is 3.63. The van der Waals surface area contributed by atoms with Crippen LogP contribution in [0.25, 0.3) is 0 Å². The standard InChI is InChI=1S/C10H12N2O2S.C4H6O/c1-12-10-7(9(11)14)5-3-2-4-6(13)8(5)15-10;5-3-4-1-2-4/h12H,2-4H2,1H3,(H2,11,14);3-4H,1-2H2. The first-order valence-electron chi connectivity index (χ1n) is 6.70. The molecule has 0 unspecified atom stereocenters. The Hall–Kier alpha value is -1.69. The number of amides is 1. The number of primary amides is 1. The number of Topliss-reactive ketones (excluding diaryl/α,β-unsaturated/α-hetero) is 1. The number of carbonyl (C=O) groups excluding carboxylic acids is 3. The molecule has 0 spiro atoms. The van der Waals surface area contributed by atoms with Gasteiger partial charge >= 0.3 is 0 Å². The van der Waals surface area contributed by atoms with Crippen LogP contribution in [0.5, 0.6) is 0 Å². The number of hydrogen-bond donors (Lipinski definition) is 2. The SMILES string of the molecule is CNc1sc2c(c1C(N)=O)CCCC2=O.O=CC1CC1. The molecule has 3 N–H and O–H groups in total. The average Bonchev–Trinajstić information content (AvgIpc) is 3.18. The second-order valence-electron chi connectivity index (χ2n) is 4.98. The molecule has 1 amide bonds. The van der Waals surface area contributed by atoms with Crippen molar-refractivity contribution in [2.75, 3.05) is 12.4 Å². The number of thiophene rings is 1. The summed E-state index contributed by atoms with van der Waals surface area (Å²) in [7, 11) is 1.73. The zero-order valence-electron chi connectivity index (χ0n) is 11.4. The quantitative estimate of drug-likeness (QED) is 0.834. The summed E-state index contributed by atoms with van der Waals surface area (Å²) in [5.41, 5.74) is 6.67. The van der Waals surface area contributed by atoms with Crippen LogP contribution in [0.2, 0.25) is 0 Å². The van der Waals surface area contributed by atoms with Crippen LogP contribution in [0.4, 0.5) is 5.00 Å². The highest BCUT2D eigenvalue weighted by atomic mass is 32.1. The van der Waals surface area contributed by atoms with Gasteiger partial charge in [0.1, 0.15) is 11.3 Å². The van der Waals surface area contributed by atoms with Crippen molar-refractivity contribution in [1.29, 1.82) is 0 Å². The molecular weight excluding hydrogens is 276 g/mol. The van der Waals surface area contributed by atoms with Crippen LogP contribution in [0.3, 0.4) is 0 Å². The van der Waals surface area contributed by atoms with Crippen molar-refractivity contribution in [2.45, 2.75) is 32.1 Å². The van der Waals surface area contributed by atoms with Crippen LogP contribution in [-0.2, 0) is 11.2 Å². The van der Waals surface area contributed by atoms with Crippen LogP contribution >= 0.6 is 11.3 Å². The topological polar surface area (TPSA) is 89.3 Å². The third kappa shape index (κ3) is 3.07. The number of carbonyl (C=O) groups is 3. The van der Waals surface area contributed by atoms with E-state index >= 15 is 0 Å². The third-order valence-corrected chi connectivity index (χ3v) is 4.67. The van der Waals surface area contributed by atoms with Crippen molar-refractivity contribution >= 4 is 34.3 Å². The fourth-order valence-corrected chi connectivity index (χ4v) is 3.31. The van der Waals surface area contributed by atoms with E-state index in [1.165, 1.54) is 11.3 Å². The summed E-state index contributed by atoms with van der Waals surface area (Å²) in [6.07, 6.45) is 5.48. The van der Waals surface area contributed by atoms with E-state index < -0.39 is 5.91 Å². The Kier molecular flexibility index (Phi) is 4.54. The zero-order valence-corrected chi connectivity index (χ0v) is 12.2. The molecule has 0 saturated heterocycles. The number of nitrogens with two attached hydrogens (primary N) is 1. The minimum Gasteiger partial charge on any atom is -0.379 e. The van der Waals surface area contributed by atoms with Gasteiger partial charge in [-0.25, -0.2) is 0 Å². The first kappa shape index (κ1) is 14.7. The maximum atomic E-state index is 11.6. The lowest BCUT2D eigenvalue weighted by Crippen LogP contribution is -2.16. The van der Waals surface area contributed by atoms with Crippen molar-refractivity contribution in [3.8, 4) is 0 Å². The normalized spacial score (nSPS) is 16.8. The number of anilines is 1. The average molecular weight is 294 g/mol. The molecule has 5 nitrogen and oxygen atoms in total. The maximum Gasteiger partial charge on any atom is 0.251 e. The van der Waals surface area contributed by atoms with E-state index in [9.17, 15) is 14.4 Å². The number of aldehydes is 1. The lowest BCUT2D eigenvalue weighted by atomic mass is 9.94. The molecule has 2 aliphatic rings.